The average Bonchev–Trinajstić information content (AvgIpc) is 0.916. The zero-order valence-electron chi connectivity index (χ0n) is 51.6. The fourth-order valence-corrected chi connectivity index (χ4v) is 17.8. The molecule has 5 saturated heterocycles. The second kappa shape index (κ2) is 26.4. The van der Waals surface area contributed by atoms with Crippen LogP contribution in [0.5, 0.6) is 0 Å². The van der Waals surface area contributed by atoms with Crippen molar-refractivity contribution < 1.29 is 148 Å². The van der Waals surface area contributed by atoms with Gasteiger partial charge in [-0.15, -0.1) is 0 Å². The van der Waals surface area contributed by atoms with E-state index in [1.807, 2.05) is 0 Å². The van der Waals surface area contributed by atoms with Gasteiger partial charge in [0, 0.05) is 0 Å². The predicted molar refractivity (Wildman–Crippen MR) is 299 cm³/mol. The molecule has 17 N–H and O–H groups in total. The maximum atomic E-state index is 15.2. The molecule has 9 fully saturated rings. The van der Waals surface area contributed by atoms with Crippen LogP contribution in [0.15, 0.2) is 11.6 Å². The monoisotopic (exact) mass is 1310 g/mol. The molecule has 91 heavy (non-hydrogen) atoms. The van der Waals surface area contributed by atoms with Gasteiger partial charge < -0.3 is 139 Å². The van der Waals surface area contributed by atoms with E-state index < -0.39 is 243 Å². The van der Waals surface area contributed by atoms with Gasteiger partial charge in [0.15, 0.2) is 31.3 Å². The molecular formula is C60H93NO30. The summed E-state index contributed by atoms with van der Waals surface area (Å²) >= 11 is 0. The molecule has 0 aromatic rings. The van der Waals surface area contributed by atoms with Crippen molar-refractivity contribution in [2.24, 2.45) is 50.2 Å². The van der Waals surface area contributed by atoms with Crippen molar-refractivity contribution in [2.75, 3.05) is 33.0 Å². The Morgan fingerprint density at radius 2 is 1.22 bits per heavy atom. The number of carbonyl (C=O) groups excluding carboxylic acids is 3. The van der Waals surface area contributed by atoms with Crippen LogP contribution in [0.1, 0.15) is 99.3 Å². The zero-order valence-corrected chi connectivity index (χ0v) is 51.6. The summed E-state index contributed by atoms with van der Waals surface area (Å²) in [5.74, 6) is -4.85. The van der Waals surface area contributed by atoms with E-state index in [9.17, 15) is 96.1 Å². The van der Waals surface area contributed by atoms with E-state index in [0.717, 1.165) is 11.9 Å². The molecule has 518 valence electrons. The Morgan fingerprint density at radius 3 is 1.87 bits per heavy atom. The maximum Gasteiger partial charge on any atom is 0.335 e. The third-order valence-corrected chi connectivity index (χ3v) is 23.2. The molecule has 31 nitrogen and oxygen atoms in total. The van der Waals surface area contributed by atoms with Gasteiger partial charge >= 0.3 is 11.9 Å². The van der Waals surface area contributed by atoms with Gasteiger partial charge in [0.25, 0.3) is 0 Å². The Hall–Kier alpha value is -3.14. The summed E-state index contributed by atoms with van der Waals surface area (Å²) in [5.41, 5.74) is -4.55. The van der Waals surface area contributed by atoms with Gasteiger partial charge in [-0.2, -0.15) is 0 Å². The van der Waals surface area contributed by atoms with Crippen LogP contribution in [-0.4, -0.2) is 292 Å². The number of fused-ring (bicyclic) bond motifs is 7. The number of carboxylic acids is 1. The van der Waals surface area contributed by atoms with Crippen LogP contribution in [0, 0.1) is 50.2 Å². The molecule has 33 atom stereocenters. The van der Waals surface area contributed by atoms with Crippen molar-refractivity contribution >= 4 is 24.1 Å². The van der Waals surface area contributed by atoms with Crippen LogP contribution >= 0.6 is 0 Å². The summed E-state index contributed by atoms with van der Waals surface area (Å²) in [6.45, 7) is 8.48. The summed E-state index contributed by atoms with van der Waals surface area (Å²) in [7, 11) is 0. The maximum absolute atomic E-state index is 15.2. The molecule has 5 aliphatic carbocycles. The lowest BCUT2D eigenvalue weighted by molar-refractivity contribution is -0.391. The van der Waals surface area contributed by atoms with Crippen LogP contribution in [0.25, 0.3) is 0 Å². The summed E-state index contributed by atoms with van der Waals surface area (Å²) in [4.78, 5) is 55.3. The summed E-state index contributed by atoms with van der Waals surface area (Å²) < 4.78 is 58.6. The van der Waals surface area contributed by atoms with Gasteiger partial charge in [0.2, 0.25) is 12.2 Å². The lowest BCUT2D eigenvalue weighted by Crippen LogP contribution is -2.69. The minimum atomic E-state index is -2.21. The molecule has 14 unspecified atom stereocenters. The lowest BCUT2D eigenvalue weighted by Gasteiger charge is -2.71. The molecule has 0 bridgehead atoms. The van der Waals surface area contributed by atoms with Crippen LogP contribution in [0.2, 0.25) is 0 Å². The van der Waals surface area contributed by atoms with E-state index in [1.54, 1.807) is 6.92 Å². The first-order valence-electron chi connectivity index (χ1n) is 31.4. The summed E-state index contributed by atoms with van der Waals surface area (Å²) in [6, 6.07) is -1.49. The number of aliphatic hydroxyl groups is 15. The highest BCUT2D eigenvalue weighted by molar-refractivity contribution is 5.80. The Bertz CT molecular complexity index is 2650. The quantitative estimate of drug-likeness (QED) is 0.0279. The minimum Gasteiger partial charge on any atom is -0.479 e. The largest absolute Gasteiger partial charge is 0.479 e. The number of carbonyl (C=O) groups is 4. The molecule has 0 radical (unpaired) electrons. The molecule has 1 amide bonds. The van der Waals surface area contributed by atoms with E-state index in [4.69, 9.17) is 47.4 Å². The van der Waals surface area contributed by atoms with E-state index in [-0.39, 0.29) is 30.6 Å². The number of esters is 1. The third kappa shape index (κ3) is 11.9. The number of ether oxygens (including phenoxy) is 10. The van der Waals surface area contributed by atoms with Gasteiger partial charge in [-0.05, 0) is 97.2 Å². The Kier molecular flexibility index (Phi) is 20.5. The number of aliphatic hydroxyl groups excluding tert-OH is 15. The van der Waals surface area contributed by atoms with Gasteiger partial charge in [-0.1, -0.05) is 53.2 Å². The van der Waals surface area contributed by atoms with Gasteiger partial charge in [-0.3, -0.25) is 9.59 Å². The number of nitrogens with one attached hydrogen (secondary N) is 1. The first-order chi connectivity index (χ1) is 42.7. The molecule has 31 heteroatoms. The highest BCUT2D eigenvalue weighted by atomic mass is 16.8. The van der Waals surface area contributed by atoms with Crippen molar-refractivity contribution in [3.8, 4) is 0 Å². The zero-order chi connectivity index (χ0) is 66.6. The molecule has 0 spiro atoms. The number of carboxylic acid groups (broad SMARTS) is 1. The van der Waals surface area contributed by atoms with Crippen molar-refractivity contribution in [3.05, 3.63) is 11.6 Å². The number of hydrogen-bond donors (Lipinski definition) is 17. The number of allylic oxidation sites excluding steroid dienone is 2. The van der Waals surface area contributed by atoms with Gasteiger partial charge in [0.1, 0.15) is 116 Å². The topological polar surface area (TPSA) is 496 Å². The van der Waals surface area contributed by atoms with E-state index in [0.29, 0.717) is 38.5 Å². The molecular weight excluding hydrogens is 1210 g/mol. The van der Waals surface area contributed by atoms with E-state index in [2.05, 4.69) is 46.0 Å². The second-order valence-electron chi connectivity index (χ2n) is 28.7. The number of rotatable bonds is 17. The molecule has 0 aromatic heterocycles. The average molecular weight is 1310 g/mol. The second-order valence-corrected chi connectivity index (χ2v) is 28.7. The SMILES string of the molecule is CC1(C)CC[C@]2(C(=O)O[C@@H]3OC(CO)[C@H](NC(=O)CO[C@@H]4O[C@H](CO)C(O)C4O)C(O)C3O)C(O)C[C@]3(C)C(=CCC4C5(C)CC[C@H](O[C@@H]6OC(C(=O)O)[C@H](O)[C@H](O[C@@H]7OC[C@H](O)[C@H](O)C7O)C6O[C@@H]6OC(CO)[C@H](O)[C@H](O)C6O)[C@](C)(C=O)[C@@H]5CC[C@@]43C)C2C1. The van der Waals surface area contributed by atoms with E-state index >= 15 is 4.79 Å². The Labute approximate surface area is 524 Å². The number of aldehydes is 1. The summed E-state index contributed by atoms with van der Waals surface area (Å²) in [5, 5.41) is 175. The predicted octanol–water partition coefficient (Wildman–Crippen LogP) is -5.57. The minimum absolute atomic E-state index is 0.0706. The fraction of sp³-hybridized carbons (Fsp3) is 0.900. The highest BCUT2D eigenvalue weighted by Gasteiger charge is 2.73. The molecule has 5 aliphatic heterocycles. The number of aliphatic carboxylic acids is 1. The Morgan fingerprint density at radius 1 is 0.615 bits per heavy atom. The smallest absolute Gasteiger partial charge is 0.335 e. The lowest BCUT2D eigenvalue weighted by atomic mass is 9.33. The first-order valence-corrected chi connectivity index (χ1v) is 31.4. The highest BCUT2D eigenvalue weighted by Crippen LogP contribution is 2.76. The van der Waals surface area contributed by atoms with Crippen molar-refractivity contribution in [2.45, 2.75) is 253 Å². The van der Waals surface area contributed by atoms with Crippen LogP contribution < -0.4 is 5.32 Å². The van der Waals surface area contributed by atoms with Crippen molar-refractivity contribution in [1.29, 1.82) is 0 Å². The van der Waals surface area contributed by atoms with E-state index in [1.165, 1.54) is 0 Å². The molecule has 4 saturated carbocycles. The first kappa shape index (κ1) is 70.7. The molecule has 10 rings (SSSR count). The van der Waals surface area contributed by atoms with Gasteiger partial charge in [0.05, 0.1) is 50.1 Å². The standard InChI is InChI=1S/C60H93NO30/c1-55(2)13-14-60(54(81)91-52-42(76)38(72)34(26(17-62)84-52)61-33(68)21-83-49-41(75)37(71)28(19-64)85-49)24(15-55)23-7-8-30-56(3)11-10-32(57(4,22-65)29(56)9-12-58(30,5)59(23,6)16-31(60)67)87-53-47(90-51-43(77)39(73)36(70)27(18-63)86-51)45(44(78)46(89-53)48(79)80)88-50-40(74)35(69)25(66)20-82-50/h7,22,24-32,34-47,49-53,62-64,66-67,69-78H,8-21H2,1-6H3,(H,61,68)(H,79,80)/t24?,25-,26?,27?,28+,29+,30?,31?,32-,34-,35-,36-,37?,38?,39-,40?,41?,42?,43?,44+,45-,46?,47?,49+,50-,51-,52-,53+,56?,57+,58-,59+,60+/m0/s1. The van der Waals surface area contributed by atoms with Gasteiger partial charge in [-0.25, -0.2) is 4.79 Å². The van der Waals surface area contributed by atoms with Crippen molar-refractivity contribution in [1.82, 2.24) is 5.32 Å². The van der Waals surface area contributed by atoms with Crippen LogP contribution in [-0.2, 0) is 66.5 Å². The van der Waals surface area contributed by atoms with Crippen molar-refractivity contribution in [3.63, 3.8) is 0 Å². The molecule has 10 aliphatic rings. The fourth-order valence-electron chi connectivity index (χ4n) is 17.8. The van der Waals surface area contributed by atoms with Crippen LogP contribution in [0.4, 0.5) is 0 Å². The normalized spacial score (nSPS) is 52.1. The molecule has 5 heterocycles. The Balaban J connectivity index is 0.896. The number of hydrogen-bond acceptors (Lipinski definition) is 29. The number of amides is 1. The molecule has 0 aromatic carbocycles. The summed E-state index contributed by atoms with van der Waals surface area (Å²) in [6.07, 6.45) is -36.5. The third-order valence-electron chi connectivity index (χ3n) is 23.2. The van der Waals surface area contributed by atoms with Crippen LogP contribution in [0.3, 0.4) is 0 Å².